The van der Waals surface area contributed by atoms with E-state index in [0.29, 0.717) is 23.9 Å². The molecule has 0 spiro atoms. The molecule has 0 radical (unpaired) electrons. The van der Waals surface area contributed by atoms with Gasteiger partial charge in [-0.1, -0.05) is 43.2 Å². The topological polar surface area (TPSA) is 55.1 Å². The minimum atomic E-state index is -0.269. The van der Waals surface area contributed by atoms with Crippen LogP contribution < -0.4 is 11.1 Å². The molecule has 0 heterocycles. The molecule has 23 heavy (non-hydrogen) atoms. The molecule has 3 aliphatic rings. The summed E-state index contributed by atoms with van der Waals surface area (Å²) in [4.78, 5) is 13.2. The second kappa shape index (κ2) is 5.94. The van der Waals surface area contributed by atoms with Crippen molar-refractivity contribution in [3.63, 3.8) is 0 Å². The summed E-state index contributed by atoms with van der Waals surface area (Å²) in [5.74, 6) is 1.45. The normalized spacial score (nSPS) is 35.2. The molecule has 1 aromatic rings. The Morgan fingerprint density at radius 1 is 1.04 bits per heavy atom. The van der Waals surface area contributed by atoms with E-state index >= 15 is 0 Å². The van der Waals surface area contributed by atoms with Crippen molar-refractivity contribution in [1.29, 1.82) is 0 Å². The minimum Gasteiger partial charge on any atom is -0.352 e. The Morgan fingerprint density at radius 2 is 1.70 bits per heavy atom. The second-order valence-electron chi connectivity index (χ2n) is 7.98. The van der Waals surface area contributed by atoms with Gasteiger partial charge in [0.2, 0.25) is 5.91 Å². The molecular weight excluding hydrogens is 284 g/mol. The van der Waals surface area contributed by atoms with Crippen molar-refractivity contribution >= 4 is 5.91 Å². The first-order chi connectivity index (χ1) is 11.2. The van der Waals surface area contributed by atoms with E-state index in [0.717, 1.165) is 32.1 Å². The third kappa shape index (κ3) is 2.59. The van der Waals surface area contributed by atoms with Gasteiger partial charge in [0.1, 0.15) is 0 Å². The SMILES string of the molecule is NC1CC2CCCC(C1)C2NC(=O)C1(c2ccccc2)CCC1. The Hall–Kier alpha value is -1.35. The minimum absolute atomic E-state index is 0.269. The highest BCUT2D eigenvalue weighted by atomic mass is 16.2. The molecule has 2 atom stereocenters. The van der Waals surface area contributed by atoms with Crippen LogP contribution in [0.1, 0.15) is 56.9 Å². The first-order valence-electron chi connectivity index (χ1n) is 9.31. The lowest BCUT2D eigenvalue weighted by Gasteiger charge is -2.48. The van der Waals surface area contributed by atoms with Crippen molar-refractivity contribution < 1.29 is 4.79 Å². The molecule has 4 rings (SSSR count). The molecule has 3 nitrogen and oxygen atoms in total. The van der Waals surface area contributed by atoms with E-state index in [9.17, 15) is 4.79 Å². The smallest absolute Gasteiger partial charge is 0.230 e. The van der Waals surface area contributed by atoms with Crippen molar-refractivity contribution in [1.82, 2.24) is 5.32 Å². The van der Waals surface area contributed by atoms with E-state index < -0.39 is 0 Å². The predicted octanol–water partition coefficient (Wildman–Crippen LogP) is 3.13. The fourth-order valence-corrected chi connectivity index (χ4v) is 5.25. The van der Waals surface area contributed by atoms with Crippen molar-refractivity contribution in [2.24, 2.45) is 17.6 Å². The predicted molar refractivity (Wildman–Crippen MR) is 91.9 cm³/mol. The molecule has 3 aliphatic carbocycles. The second-order valence-corrected chi connectivity index (χ2v) is 7.98. The van der Waals surface area contributed by atoms with Gasteiger partial charge >= 0.3 is 0 Å². The number of fused-ring (bicyclic) bond motifs is 2. The summed E-state index contributed by atoms with van der Waals surface area (Å²) in [5.41, 5.74) is 7.15. The van der Waals surface area contributed by atoms with Crippen LogP contribution in [0.2, 0.25) is 0 Å². The molecule has 2 bridgehead atoms. The fraction of sp³-hybridized carbons (Fsp3) is 0.650. The molecule has 3 fully saturated rings. The van der Waals surface area contributed by atoms with Gasteiger partial charge in [0, 0.05) is 12.1 Å². The van der Waals surface area contributed by atoms with Gasteiger partial charge in [-0.25, -0.2) is 0 Å². The van der Waals surface area contributed by atoms with E-state index in [-0.39, 0.29) is 11.3 Å². The van der Waals surface area contributed by atoms with E-state index in [1.807, 2.05) is 6.07 Å². The number of nitrogens with two attached hydrogens (primary N) is 1. The maximum atomic E-state index is 13.2. The van der Waals surface area contributed by atoms with E-state index in [2.05, 4.69) is 29.6 Å². The number of nitrogens with one attached hydrogen (secondary N) is 1. The number of rotatable bonds is 3. The number of amides is 1. The molecule has 0 aliphatic heterocycles. The molecule has 1 aromatic carbocycles. The average Bonchev–Trinajstić information content (AvgIpc) is 2.48. The number of carbonyl (C=O) groups is 1. The van der Waals surface area contributed by atoms with Crippen LogP contribution >= 0.6 is 0 Å². The Morgan fingerprint density at radius 3 is 2.26 bits per heavy atom. The molecule has 3 heteroatoms. The molecule has 2 unspecified atom stereocenters. The lowest BCUT2D eigenvalue weighted by atomic mass is 9.62. The largest absolute Gasteiger partial charge is 0.352 e. The maximum absolute atomic E-state index is 13.2. The molecule has 0 aromatic heterocycles. The van der Waals surface area contributed by atoms with Crippen LogP contribution in [-0.4, -0.2) is 18.0 Å². The van der Waals surface area contributed by atoms with Crippen LogP contribution in [0, 0.1) is 11.8 Å². The molecular formula is C20H28N2O. The first-order valence-corrected chi connectivity index (χ1v) is 9.31. The van der Waals surface area contributed by atoms with Gasteiger partial charge in [0.25, 0.3) is 0 Å². The molecule has 1 amide bonds. The van der Waals surface area contributed by atoms with Gasteiger partial charge in [0.05, 0.1) is 5.41 Å². The zero-order chi connectivity index (χ0) is 15.9. The van der Waals surface area contributed by atoms with Crippen LogP contribution in [0.25, 0.3) is 0 Å². The Bertz CT molecular complexity index is 552. The molecule has 0 saturated heterocycles. The molecule has 124 valence electrons. The van der Waals surface area contributed by atoms with Gasteiger partial charge in [0.15, 0.2) is 0 Å². The number of hydrogen-bond donors (Lipinski definition) is 2. The highest BCUT2D eigenvalue weighted by molar-refractivity contribution is 5.89. The van der Waals surface area contributed by atoms with Crippen molar-refractivity contribution in [3.8, 4) is 0 Å². The first kappa shape index (κ1) is 15.2. The summed E-state index contributed by atoms with van der Waals surface area (Å²) in [6.45, 7) is 0. The average molecular weight is 312 g/mol. The molecule has 3 N–H and O–H groups in total. The van der Waals surface area contributed by atoms with Crippen LogP contribution in [0.5, 0.6) is 0 Å². The van der Waals surface area contributed by atoms with Gasteiger partial charge in [-0.15, -0.1) is 0 Å². The third-order valence-electron chi connectivity index (χ3n) is 6.64. The van der Waals surface area contributed by atoms with Gasteiger partial charge in [-0.05, 0) is 55.9 Å². The van der Waals surface area contributed by atoms with Crippen LogP contribution in [-0.2, 0) is 10.2 Å². The lowest BCUT2D eigenvalue weighted by molar-refractivity contribution is -0.132. The van der Waals surface area contributed by atoms with Crippen LogP contribution in [0.15, 0.2) is 30.3 Å². The monoisotopic (exact) mass is 312 g/mol. The highest BCUT2D eigenvalue weighted by Gasteiger charge is 2.48. The Balaban J connectivity index is 1.53. The zero-order valence-electron chi connectivity index (χ0n) is 13.8. The highest BCUT2D eigenvalue weighted by Crippen LogP contribution is 2.45. The zero-order valence-corrected chi connectivity index (χ0v) is 13.8. The summed E-state index contributed by atoms with van der Waals surface area (Å²) < 4.78 is 0. The number of hydrogen-bond acceptors (Lipinski definition) is 2. The quantitative estimate of drug-likeness (QED) is 0.901. The Labute approximate surface area is 139 Å². The standard InChI is InChI=1S/C20H28N2O/c21-17-12-14-6-4-7-15(13-17)18(14)22-19(23)20(10-5-11-20)16-8-2-1-3-9-16/h1-3,8-9,14-15,17-18H,4-7,10-13,21H2,(H,22,23). The summed E-state index contributed by atoms with van der Waals surface area (Å²) in [6.07, 6.45) is 9.07. The molecule has 3 saturated carbocycles. The van der Waals surface area contributed by atoms with Crippen molar-refractivity contribution in [2.45, 2.75) is 68.9 Å². The van der Waals surface area contributed by atoms with Crippen molar-refractivity contribution in [2.75, 3.05) is 0 Å². The number of benzene rings is 1. The van der Waals surface area contributed by atoms with Gasteiger partial charge in [-0.2, -0.15) is 0 Å². The summed E-state index contributed by atoms with van der Waals surface area (Å²) >= 11 is 0. The van der Waals surface area contributed by atoms with E-state index in [1.165, 1.54) is 24.8 Å². The fourth-order valence-electron chi connectivity index (χ4n) is 5.25. The van der Waals surface area contributed by atoms with Crippen LogP contribution in [0.4, 0.5) is 0 Å². The maximum Gasteiger partial charge on any atom is 0.230 e. The summed E-state index contributed by atoms with van der Waals surface area (Å²) in [7, 11) is 0. The van der Waals surface area contributed by atoms with Crippen molar-refractivity contribution in [3.05, 3.63) is 35.9 Å². The van der Waals surface area contributed by atoms with Crippen LogP contribution in [0.3, 0.4) is 0 Å². The number of carbonyl (C=O) groups excluding carboxylic acids is 1. The Kier molecular flexibility index (Phi) is 3.92. The summed E-state index contributed by atoms with van der Waals surface area (Å²) in [5, 5.41) is 3.49. The summed E-state index contributed by atoms with van der Waals surface area (Å²) in [6, 6.07) is 11.1. The van der Waals surface area contributed by atoms with Gasteiger partial charge in [-0.3, -0.25) is 4.79 Å². The lowest BCUT2D eigenvalue weighted by Crippen LogP contribution is -2.59. The van der Waals surface area contributed by atoms with E-state index in [1.54, 1.807) is 0 Å². The third-order valence-corrected chi connectivity index (χ3v) is 6.64. The van der Waals surface area contributed by atoms with E-state index in [4.69, 9.17) is 5.73 Å². The van der Waals surface area contributed by atoms with Gasteiger partial charge < -0.3 is 11.1 Å².